The van der Waals surface area contributed by atoms with Crippen molar-refractivity contribution in [3.05, 3.63) is 48.0 Å². The number of aryl methyl sites for hydroxylation is 1. The van der Waals surface area contributed by atoms with Gasteiger partial charge in [-0.3, -0.25) is 4.79 Å². The lowest BCUT2D eigenvalue weighted by atomic mass is 10.1. The lowest BCUT2D eigenvalue weighted by molar-refractivity contribution is -0.121. The number of hydrogen-bond acceptors (Lipinski definition) is 6. The van der Waals surface area contributed by atoms with Gasteiger partial charge in [0.1, 0.15) is 5.75 Å². The maximum atomic E-state index is 12.6. The van der Waals surface area contributed by atoms with E-state index in [1.54, 1.807) is 26.4 Å². The second-order valence-electron chi connectivity index (χ2n) is 6.58. The fourth-order valence-corrected chi connectivity index (χ4v) is 3.95. The van der Waals surface area contributed by atoms with Crippen LogP contribution in [0.1, 0.15) is 12.0 Å². The molecule has 2 aromatic rings. The Kier molecular flexibility index (Phi) is 8.49. The van der Waals surface area contributed by atoms with Gasteiger partial charge in [0, 0.05) is 13.6 Å². The highest BCUT2D eigenvalue weighted by atomic mass is 32.2. The Labute approximate surface area is 177 Å². The van der Waals surface area contributed by atoms with Crippen molar-refractivity contribution in [2.45, 2.75) is 17.7 Å². The molecule has 1 amide bonds. The predicted octanol–water partition coefficient (Wildman–Crippen LogP) is 2.08. The molecule has 0 unspecified atom stereocenters. The number of carbonyl (C=O) groups excluding carboxylic acids is 1. The standard InChI is InChI=1S/C21H28N2O6S/c1-23(30(25,26)18-10-8-17(27-2)9-11-18)15-21(24)22-13-5-6-16-7-12-19(28-3)20(14-16)29-4/h7-12,14H,5-6,13,15H2,1-4H3,(H,22,24). The summed E-state index contributed by atoms with van der Waals surface area (Å²) in [6.45, 7) is 0.175. The molecule has 0 fully saturated rings. The van der Waals surface area contributed by atoms with Gasteiger partial charge in [-0.2, -0.15) is 4.31 Å². The van der Waals surface area contributed by atoms with Gasteiger partial charge in [-0.1, -0.05) is 6.07 Å². The molecule has 8 nitrogen and oxygen atoms in total. The van der Waals surface area contributed by atoms with Crippen LogP contribution in [0.25, 0.3) is 0 Å². The minimum atomic E-state index is -3.76. The average molecular weight is 437 g/mol. The zero-order chi connectivity index (χ0) is 22.1. The second kappa shape index (κ2) is 10.8. The third-order valence-electron chi connectivity index (χ3n) is 4.55. The van der Waals surface area contributed by atoms with Crippen LogP contribution in [0.4, 0.5) is 0 Å². The molecule has 0 aliphatic rings. The van der Waals surface area contributed by atoms with Crippen molar-refractivity contribution < 1.29 is 27.4 Å². The minimum Gasteiger partial charge on any atom is -0.497 e. The number of hydrogen-bond donors (Lipinski definition) is 1. The normalized spacial score (nSPS) is 11.2. The molecule has 0 bridgehead atoms. The molecule has 9 heteroatoms. The third-order valence-corrected chi connectivity index (χ3v) is 6.36. The molecule has 1 N–H and O–H groups in total. The summed E-state index contributed by atoms with van der Waals surface area (Å²) < 4.78 is 41.7. The summed E-state index contributed by atoms with van der Waals surface area (Å²) in [5.41, 5.74) is 1.06. The van der Waals surface area contributed by atoms with Crippen molar-refractivity contribution in [3.8, 4) is 17.2 Å². The number of sulfonamides is 1. The number of likely N-dealkylation sites (N-methyl/N-ethyl adjacent to an activating group) is 1. The number of nitrogens with zero attached hydrogens (tertiary/aromatic N) is 1. The predicted molar refractivity (Wildman–Crippen MR) is 114 cm³/mol. The summed E-state index contributed by atoms with van der Waals surface area (Å²) in [5.74, 6) is 1.52. The molecule has 2 aromatic carbocycles. The number of rotatable bonds is 11. The van der Waals surface area contributed by atoms with Crippen LogP contribution in [0.5, 0.6) is 17.2 Å². The molecule has 0 saturated heterocycles. The zero-order valence-electron chi connectivity index (χ0n) is 17.7. The molecule has 0 radical (unpaired) electrons. The molecule has 2 rings (SSSR count). The van der Waals surface area contributed by atoms with E-state index in [9.17, 15) is 13.2 Å². The Balaban J connectivity index is 1.82. The molecule has 0 saturated carbocycles. The van der Waals surface area contributed by atoms with Crippen LogP contribution in [0.3, 0.4) is 0 Å². The average Bonchev–Trinajstić information content (AvgIpc) is 2.76. The molecular formula is C21H28N2O6S. The number of benzene rings is 2. The maximum absolute atomic E-state index is 12.6. The van der Waals surface area contributed by atoms with Gasteiger partial charge in [0.15, 0.2) is 11.5 Å². The first kappa shape index (κ1) is 23.5. The fourth-order valence-electron chi connectivity index (χ4n) is 2.83. The van der Waals surface area contributed by atoms with Crippen LogP contribution in [-0.4, -0.2) is 60.1 Å². The van der Waals surface area contributed by atoms with Gasteiger partial charge in [-0.05, 0) is 54.8 Å². The fraction of sp³-hybridized carbons (Fsp3) is 0.381. The molecule has 0 aliphatic carbocycles. The van der Waals surface area contributed by atoms with Gasteiger partial charge in [-0.15, -0.1) is 0 Å². The molecule has 164 valence electrons. The smallest absolute Gasteiger partial charge is 0.243 e. The first-order chi connectivity index (χ1) is 14.3. The maximum Gasteiger partial charge on any atom is 0.243 e. The highest BCUT2D eigenvalue weighted by molar-refractivity contribution is 7.89. The van der Waals surface area contributed by atoms with Crippen molar-refractivity contribution in [2.24, 2.45) is 0 Å². The van der Waals surface area contributed by atoms with Gasteiger partial charge < -0.3 is 19.5 Å². The van der Waals surface area contributed by atoms with Crippen LogP contribution in [0.15, 0.2) is 47.4 Å². The Bertz CT molecular complexity index is 944. The molecular weight excluding hydrogens is 408 g/mol. The van der Waals surface area contributed by atoms with E-state index in [2.05, 4.69) is 5.32 Å². The Hall–Kier alpha value is -2.78. The Morgan fingerprint density at radius 3 is 2.23 bits per heavy atom. The molecule has 0 spiro atoms. The first-order valence-electron chi connectivity index (χ1n) is 9.39. The summed E-state index contributed by atoms with van der Waals surface area (Å²) in [7, 11) is 2.29. The van der Waals surface area contributed by atoms with Crippen molar-refractivity contribution in [1.82, 2.24) is 9.62 Å². The summed E-state index contributed by atoms with van der Waals surface area (Å²) in [5, 5.41) is 2.76. The Morgan fingerprint density at radius 2 is 1.63 bits per heavy atom. The van der Waals surface area contributed by atoms with Crippen molar-refractivity contribution >= 4 is 15.9 Å². The van der Waals surface area contributed by atoms with Crippen LogP contribution >= 0.6 is 0 Å². The van der Waals surface area contributed by atoms with E-state index >= 15 is 0 Å². The lowest BCUT2D eigenvalue weighted by Gasteiger charge is -2.17. The number of methoxy groups -OCH3 is 3. The van der Waals surface area contributed by atoms with E-state index in [-0.39, 0.29) is 17.3 Å². The number of nitrogens with one attached hydrogen (secondary N) is 1. The van der Waals surface area contributed by atoms with E-state index in [1.165, 1.54) is 26.3 Å². The number of ether oxygens (including phenoxy) is 3. The van der Waals surface area contributed by atoms with Gasteiger partial charge in [0.05, 0.1) is 32.8 Å². The van der Waals surface area contributed by atoms with E-state index in [1.807, 2.05) is 18.2 Å². The van der Waals surface area contributed by atoms with E-state index in [0.717, 1.165) is 16.3 Å². The van der Waals surface area contributed by atoms with E-state index in [0.29, 0.717) is 30.2 Å². The van der Waals surface area contributed by atoms with Crippen LogP contribution < -0.4 is 19.5 Å². The first-order valence-corrected chi connectivity index (χ1v) is 10.8. The van der Waals surface area contributed by atoms with Gasteiger partial charge in [0.25, 0.3) is 0 Å². The Morgan fingerprint density at radius 1 is 0.967 bits per heavy atom. The van der Waals surface area contributed by atoms with Gasteiger partial charge >= 0.3 is 0 Å². The zero-order valence-corrected chi connectivity index (χ0v) is 18.5. The summed E-state index contributed by atoms with van der Waals surface area (Å²) in [6, 6.07) is 11.7. The van der Waals surface area contributed by atoms with Gasteiger partial charge in [0.2, 0.25) is 15.9 Å². The van der Waals surface area contributed by atoms with Crippen LogP contribution in [0, 0.1) is 0 Å². The van der Waals surface area contributed by atoms with Crippen molar-refractivity contribution in [3.63, 3.8) is 0 Å². The number of carbonyl (C=O) groups is 1. The molecule has 0 atom stereocenters. The second-order valence-corrected chi connectivity index (χ2v) is 8.62. The van der Waals surface area contributed by atoms with Crippen molar-refractivity contribution in [2.75, 3.05) is 41.5 Å². The highest BCUT2D eigenvalue weighted by Crippen LogP contribution is 2.27. The SMILES string of the molecule is COc1ccc(S(=O)(=O)N(C)CC(=O)NCCCc2ccc(OC)c(OC)c2)cc1. The summed E-state index contributed by atoms with van der Waals surface area (Å²) >= 11 is 0. The topological polar surface area (TPSA) is 94.2 Å². The minimum absolute atomic E-state index is 0.104. The molecule has 0 aromatic heterocycles. The van der Waals surface area contributed by atoms with E-state index < -0.39 is 10.0 Å². The highest BCUT2D eigenvalue weighted by Gasteiger charge is 2.22. The largest absolute Gasteiger partial charge is 0.497 e. The molecule has 0 aliphatic heterocycles. The third kappa shape index (κ3) is 6.11. The summed E-state index contributed by atoms with van der Waals surface area (Å²) in [4.78, 5) is 12.3. The lowest BCUT2D eigenvalue weighted by Crippen LogP contribution is -2.38. The van der Waals surface area contributed by atoms with Gasteiger partial charge in [-0.25, -0.2) is 8.42 Å². The quantitative estimate of drug-likeness (QED) is 0.542. The van der Waals surface area contributed by atoms with Crippen LogP contribution in [0.2, 0.25) is 0 Å². The molecule has 0 heterocycles. The van der Waals surface area contributed by atoms with Crippen molar-refractivity contribution in [1.29, 1.82) is 0 Å². The van der Waals surface area contributed by atoms with Crippen LogP contribution in [-0.2, 0) is 21.2 Å². The summed E-state index contributed by atoms with van der Waals surface area (Å²) in [6.07, 6.45) is 1.44. The number of amides is 1. The molecule has 30 heavy (non-hydrogen) atoms. The van der Waals surface area contributed by atoms with E-state index in [4.69, 9.17) is 14.2 Å². The monoisotopic (exact) mass is 436 g/mol.